The van der Waals surface area contributed by atoms with Crippen LogP contribution in [0.2, 0.25) is 0 Å². The second kappa shape index (κ2) is 2.22. The number of carboxylic acid groups (broad SMARTS) is 1. The minimum absolute atomic E-state index is 0.0634. The predicted molar refractivity (Wildman–Crippen MR) is 40.5 cm³/mol. The van der Waals surface area contributed by atoms with Gasteiger partial charge < -0.3 is 10.0 Å². The van der Waals surface area contributed by atoms with E-state index in [9.17, 15) is 18.0 Å². The Hall–Kier alpha value is -1.11. The molecule has 0 bridgehead atoms. The fourth-order valence-electron chi connectivity index (χ4n) is 1.68. The van der Waals surface area contributed by atoms with Crippen LogP contribution in [0, 0.1) is 0 Å². The van der Waals surface area contributed by atoms with E-state index in [2.05, 4.69) is 0 Å². The first-order valence-corrected chi connectivity index (χ1v) is 5.40. The monoisotopic (exact) mass is 205 g/mol. The van der Waals surface area contributed by atoms with Gasteiger partial charge in [0.05, 0.1) is 12.2 Å². The Bertz CT molecular complexity index is 378. The van der Waals surface area contributed by atoms with Crippen molar-refractivity contribution in [1.29, 1.82) is 0 Å². The van der Waals surface area contributed by atoms with Crippen molar-refractivity contribution in [3.8, 4) is 0 Å². The van der Waals surface area contributed by atoms with Gasteiger partial charge in [-0.3, -0.25) is 4.79 Å². The highest BCUT2D eigenvalue weighted by atomic mass is 32.2. The fourth-order valence-corrected chi connectivity index (χ4v) is 3.65. The molecular weight excluding hydrogens is 198 g/mol. The lowest BCUT2D eigenvalue weighted by Crippen LogP contribution is -2.55. The molecule has 72 valence electrons. The zero-order valence-electron chi connectivity index (χ0n) is 6.50. The smallest absolute Gasteiger partial charge is 0.327 e. The first-order valence-electron chi connectivity index (χ1n) is 3.69. The topological polar surface area (TPSA) is 91.7 Å². The third kappa shape index (κ3) is 0.963. The molecule has 0 aromatic carbocycles. The Morgan fingerprint density at radius 1 is 1.54 bits per heavy atom. The van der Waals surface area contributed by atoms with E-state index >= 15 is 0 Å². The largest absolute Gasteiger partial charge is 0.480 e. The molecule has 6 nitrogen and oxygen atoms in total. The first-order chi connectivity index (χ1) is 5.93. The normalized spacial score (nSPS) is 35.4. The third-order valence-corrected chi connectivity index (χ3v) is 4.38. The molecule has 7 heteroatoms. The van der Waals surface area contributed by atoms with Crippen molar-refractivity contribution in [2.24, 2.45) is 0 Å². The molecule has 2 aliphatic rings. The van der Waals surface area contributed by atoms with Crippen molar-refractivity contribution >= 4 is 21.7 Å². The van der Waals surface area contributed by atoms with Gasteiger partial charge in [0.25, 0.3) is 0 Å². The van der Waals surface area contributed by atoms with Gasteiger partial charge in [-0.1, -0.05) is 0 Å². The third-order valence-electron chi connectivity index (χ3n) is 2.37. The van der Waals surface area contributed by atoms with Gasteiger partial charge in [0.2, 0.25) is 5.91 Å². The zero-order chi connectivity index (χ0) is 9.80. The molecule has 0 spiro atoms. The van der Waals surface area contributed by atoms with Crippen LogP contribution in [0.15, 0.2) is 0 Å². The van der Waals surface area contributed by atoms with E-state index in [1.54, 1.807) is 0 Å². The summed E-state index contributed by atoms with van der Waals surface area (Å²) in [5.41, 5.74) is 0. The van der Waals surface area contributed by atoms with Crippen LogP contribution in [0.1, 0.15) is 6.42 Å². The molecule has 2 saturated heterocycles. The Morgan fingerprint density at radius 2 is 2.15 bits per heavy atom. The summed E-state index contributed by atoms with van der Waals surface area (Å²) >= 11 is 0. The van der Waals surface area contributed by atoms with E-state index in [1.807, 2.05) is 0 Å². The van der Waals surface area contributed by atoms with Crippen molar-refractivity contribution in [2.45, 2.75) is 17.8 Å². The lowest BCUT2D eigenvalue weighted by atomic mass is 10.1. The van der Waals surface area contributed by atoms with Gasteiger partial charge in [-0.25, -0.2) is 13.2 Å². The van der Waals surface area contributed by atoms with E-state index < -0.39 is 38.9 Å². The van der Waals surface area contributed by atoms with Gasteiger partial charge in [0.1, 0.15) is 11.4 Å². The maximum absolute atomic E-state index is 11.2. The molecule has 2 aliphatic heterocycles. The first kappa shape index (κ1) is 8.49. The minimum Gasteiger partial charge on any atom is -0.480 e. The number of rotatable bonds is 1. The molecule has 2 atom stereocenters. The number of hydrogen-bond donors (Lipinski definition) is 1. The van der Waals surface area contributed by atoms with Gasteiger partial charge >= 0.3 is 5.97 Å². The quantitative estimate of drug-likeness (QED) is 0.522. The maximum Gasteiger partial charge on any atom is 0.327 e. The average Bonchev–Trinajstić information content (AvgIpc) is 2.18. The number of sulfone groups is 1. The molecular formula is C6H7NO5S. The molecule has 2 fully saturated rings. The predicted octanol–water partition coefficient (Wildman–Crippen LogP) is -1.57. The van der Waals surface area contributed by atoms with Crippen molar-refractivity contribution in [3.05, 3.63) is 0 Å². The molecule has 13 heavy (non-hydrogen) atoms. The van der Waals surface area contributed by atoms with E-state index in [0.717, 1.165) is 4.90 Å². The minimum atomic E-state index is -3.39. The molecule has 0 aromatic heterocycles. The van der Waals surface area contributed by atoms with Gasteiger partial charge in [-0.15, -0.1) is 0 Å². The molecule has 2 heterocycles. The standard InChI is InChI=1S/C6H7NO5S/c8-4-1-5-7(4)3(6(9)10)2-13(5,11)12/h3,5H,1-2H2,(H,9,10)/t3?,5-/m0/s1. The van der Waals surface area contributed by atoms with Crippen LogP contribution in [0.4, 0.5) is 0 Å². The van der Waals surface area contributed by atoms with Crippen LogP contribution in [0.3, 0.4) is 0 Å². The van der Waals surface area contributed by atoms with Gasteiger partial charge in [0.15, 0.2) is 9.84 Å². The molecule has 0 aromatic rings. The van der Waals surface area contributed by atoms with E-state index in [0.29, 0.717) is 0 Å². The maximum atomic E-state index is 11.2. The molecule has 1 N–H and O–H groups in total. The Kier molecular flexibility index (Phi) is 1.45. The number of carboxylic acids is 1. The van der Waals surface area contributed by atoms with Crippen LogP contribution < -0.4 is 0 Å². The molecule has 2 rings (SSSR count). The fraction of sp³-hybridized carbons (Fsp3) is 0.667. The number of fused-ring (bicyclic) bond motifs is 1. The van der Waals surface area contributed by atoms with E-state index in [-0.39, 0.29) is 6.42 Å². The van der Waals surface area contributed by atoms with Crippen LogP contribution in [-0.2, 0) is 19.4 Å². The lowest BCUT2D eigenvalue weighted by Gasteiger charge is -2.34. The molecule has 1 amide bonds. The number of amides is 1. The van der Waals surface area contributed by atoms with E-state index in [4.69, 9.17) is 5.11 Å². The summed E-state index contributed by atoms with van der Waals surface area (Å²) < 4.78 is 22.5. The summed E-state index contributed by atoms with van der Waals surface area (Å²) in [6.07, 6.45) is -0.0634. The lowest BCUT2D eigenvalue weighted by molar-refractivity contribution is -0.155. The van der Waals surface area contributed by atoms with Crippen molar-refractivity contribution in [2.75, 3.05) is 5.75 Å². The van der Waals surface area contributed by atoms with Crippen LogP contribution in [0.25, 0.3) is 0 Å². The summed E-state index contributed by atoms with van der Waals surface area (Å²) in [7, 11) is -3.39. The highest BCUT2D eigenvalue weighted by Crippen LogP contribution is 2.34. The number of aliphatic carboxylic acids is 1. The van der Waals surface area contributed by atoms with Crippen LogP contribution in [0.5, 0.6) is 0 Å². The van der Waals surface area contributed by atoms with Gasteiger partial charge in [0, 0.05) is 0 Å². The van der Waals surface area contributed by atoms with Crippen molar-refractivity contribution in [3.63, 3.8) is 0 Å². The summed E-state index contributed by atoms with van der Waals surface area (Å²) in [4.78, 5) is 22.4. The van der Waals surface area contributed by atoms with Gasteiger partial charge in [-0.2, -0.15) is 0 Å². The number of nitrogens with zero attached hydrogens (tertiary/aromatic N) is 1. The van der Waals surface area contributed by atoms with Crippen LogP contribution in [-0.4, -0.2) is 47.5 Å². The average molecular weight is 205 g/mol. The number of carbonyl (C=O) groups excluding carboxylic acids is 1. The highest BCUT2D eigenvalue weighted by molar-refractivity contribution is 7.92. The van der Waals surface area contributed by atoms with Crippen molar-refractivity contribution in [1.82, 2.24) is 4.90 Å². The molecule has 1 unspecified atom stereocenters. The zero-order valence-corrected chi connectivity index (χ0v) is 7.32. The second-order valence-corrected chi connectivity index (χ2v) is 5.35. The van der Waals surface area contributed by atoms with Crippen molar-refractivity contribution < 1.29 is 23.1 Å². The molecule has 0 aliphatic carbocycles. The van der Waals surface area contributed by atoms with Gasteiger partial charge in [-0.05, 0) is 0 Å². The Labute approximate surface area is 74.1 Å². The SMILES string of the molecule is O=C(O)C1CS(=O)(=O)[C@H]2CC(=O)N12. The summed E-state index contributed by atoms with van der Waals surface area (Å²) in [6, 6.07) is -1.17. The van der Waals surface area contributed by atoms with Crippen LogP contribution >= 0.6 is 0 Å². The molecule has 0 saturated carbocycles. The number of hydrogen-bond acceptors (Lipinski definition) is 4. The summed E-state index contributed by atoms with van der Waals surface area (Å²) in [6.45, 7) is 0. The second-order valence-electron chi connectivity index (χ2n) is 3.14. The molecule has 0 radical (unpaired) electrons. The Balaban J connectivity index is 2.37. The summed E-state index contributed by atoms with van der Waals surface area (Å²) in [5, 5.41) is 7.75. The highest BCUT2D eigenvalue weighted by Gasteiger charge is 2.57. The summed E-state index contributed by atoms with van der Waals surface area (Å²) in [5.74, 6) is -2.09. The van der Waals surface area contributed by atoms with E-state index in [1.165, 1.54) is 0 Å². The Morgan fingerprint density at radius 3 is 2.54 bits per heavy atom. The number of β-lactam (4-membered cyclic amide) rings is 1. The number of carbonyl (C=O) groups is 2.